The molecule has 1 unspecified atom stereocenters. The fourth-order valence-corrected chi connectivity index (χ4v) is 4.97. The highest BCUT2D eigenvalue weighted by molar-refractivity contribution is 7.20. The van der Waals surface area contributed by atoms with Gasteiger partial charge in [0.2, 0.25) is 5.91 Å². The Labute approximate surface area is 216 Å². The average molecular weight is 523 g/mol. The third-order valence-corrected chi connectivity index (χ3v) is 7.01. The van der Waals surface area contributed by atoms with Crippen LogP contribution in [-0.4, -0.2) is 43.7 Å². The molecule has 0 aliphatic rings. The number of nitrogens with one attached hydrogen (secondary N) is 2. The van der Waals surface area contributed by atoms with Crippen LogP contribution in [0, 0.1) is 6.92 Å². The smallest absolute Gasteiger partial charge is 0.343 e. The van der Waals surface area contributed by atoms with Crippen LogP contribution >= 0.6 is 11.3 Å². The van der Waals surface area contributed by atoms with E-state index in [4.69, 9.17) is 4.74 Å². The van der Waals surface area contributed by atoms with Crippen LogP contribution in [0.15, 0.2) is 47.7 Å². The van der Waals surface area contributed by atoms with Gasteiger partial charge in [-0.05, 0) is 38.0 Å². The molecule has 0 bridgehead atoms. The van der Waals surface area contributed by atoms with Crippen LogP contribution in [0.5, 0.6) is 0 Å². The van der Waals surface area contributed by atoms with Crippen molar-refractivity contribution in [3.05, 3.63) is 69.2 Å². The van der Waals surface area contributed by atoms with E-state index in [1.54, 1.807) is 40.0 Å². The molecular weight excluding hydrogens is 496 g/mol. The van der Waals surface area contributed by atoms with Gasteiger partial charge in [-0.1, -0.05) is 25.1 Å². The first kappa shape index (κ1) is 25.8. The molecule has 2 amide bonds. The molecule has 1 atom stereocenters. The molecule has 0 fully saturated rings. The van der Waals surface area contributed by atoms with Crippen molar-refractivity contribution in [2.45, 2.75) is 33.2 Å². The molecule has 0 aliphatic heterocycles. The molecule has 0 saturated heterocycles. The van der Waals surface area contributed by atoms with Gasteiger partial charge in [-0.2, -0.15) is 5.10 Å². The van der Waals surface area contributed by atoms with Gasteiger partial charge in [0.15, 0.2) is 0 Å². The standard InChI is InChI=1S/C25H26N6O5S/c1-5-17(21(32)29-20-16(12-27-30(20)4)25(35)36-6-2)31-13-26-23-18(24(31)34)14(3)19(37-23)22(33)28-15-10-8-7-9-11-15/h7-13,17H,5-6H2,1-4H3,(H,28,33)(H,29,32). The van der Waals surface area contributed by atoms with E-state index in [0.717, 1.165) is 11.3 Å². The topological polar surface area (TPSA) is 137 Å². The second-order valence-electron chi connectivity index (χ2n) is 8.18. The molecule has 0 spiro atoms. The Kier molecular flexibility index (Phi) is 7.48. The molecule has 4 aromatic rings. The first-order valence-electron chi connectivity index (χ1n) is 11.6. The number of hydrogen-bond donors (Lipinski definition) is 2. The lowest BCUT2D eigenvalue weighted by Crippen LogP contribution is -2.34. The maximum absolute atomic E-state index is 13.5. The van der Waals surface area contributed by atoms with Crippen LogP contribution in [0.1, 0.15) is 51.9 Å². The van der Waals surface area contributed by atoms with E-state index in [-0.39, 0.29) is 35.7 Å². The quantitative estimate of drug-likeness (QED) is 0.338. The minimum absolute atomic E-state index is 0.108. The van der Waals surface area contributed by atoms with Crippen LogP contribution in [0.4, 0.5) is 11.5 Å². The van der Waals surface area contributed by atoms with Gasteiger partial charge in [-0.25, -0.2) is 9.78 Å². The van der Waals surface area contributed by atoms with Gasteiger partial charge in [0.05, 0.1) is 29.4 Å². The van der Waals surface area contributed by atoms with Crippen LogP contribution in [0.2, 0.25) is 0 Å². The Hall–Kier alpha value is -4.32. The summed E-state index contributed by atoms with van der Waals surface area (Å²) in [4.78, 5) is 57.1. The number of thiophene rings is 1. The lowest BCUT2D eigenvalue weighted by Gasteiger charge is -2.18. The molecule has 0 saturated carbocycles. The molecule has 12 heteroatoms. The van der Waals surface area contributed by atoms with Crippen LogP contribution in [0.25, 0.3) is 10.2 Å². The molecule has 3 aromatic heterocycles. The van der Waals surface area contributed by atoms with Gasteiger partial charge in [0.1, 0.15) is 22.3 Å². The number of nitrogens with zero attached hydrogens (tertiary/aromatic N) is 4. The Morgan fingerprint density at radius 3 is 2.54 bits per heavy atom. The number of carbonyl (C=O) groups is 3. The summed E-state index contributed by atoms with van der Waals surface area (Å²) in [5.41, 5.74) is 0.799. The van der Waals surface area contributed by atoms with Gasteiger partial charge in [0.25, 0.3) is 11.5 Å². The fraction of sp³-hybridized carbons (Fsp3) is 0.280. The number of amides is 2. The highest BCUT2D eigenvalue weighted by Gasteiger charge is 2.27. The Morgan fingerprint density at radius 1 is 1.14 bits per heavy atom. The third kappa shape index (κ3) is 5.00. The zero-order valence-electron chi connectivity index (χ0n) is 20.8. The number of para-hydroxylation sites is 1. The summed E-state index contributed by atoms with van der Waals surface area (Å²) >= 11 is 1.12. The van der Waals surface area contributed by atoms with Crippen molar-refractivity contribution in [3.8, 4) is 0 Å². The molecule has 1 aromatic carbocycles. The summed E-state index contributed by atoms with van der Waals surface area (Å²) in [7, 11) is 1.58. The Bertz CT molecular complexity index is 1540. The van der Waals surface area contributed by atoms with E-state index >= 15 is 0 Å². The molecule has 37 heavy (non-hydrogen) atoms. The van der Waals surface area contributed by atoms with Crippen LogP contribution in [-0.2, 0) is 16.6 Å². The number of aryl methyl sites for hydroxylation is 2. The number of hydrogen-bond acceptors (Lipinski definition) is 8. The number of carbonyl (C=O) groups excluding carboxylic acids is 3. The van der Waals surface area contributed by atoms with Crippen molar-refractivity contribution in [2.24, 2.45) is 7.05 Å². The summed E-state index contributed by atoms with van der Waals surface area (Å²) in [6.07, 6.45) is 2.89. The third-order valence-electron chi connectivity index (χ3n) is 5.81. The number of anilines is 2. The molecule has 2 N–H and O–H groups in total. The number of benzene rings is 1. The SMILES string of the molecule is CCOC(=O)c1cnn(C)c1NC(=O)C(CC)n1cnc2sc(C(=O)Nc3ccccc3)c(C)c2c1=O. The lowest BCUT2D eigenvalue weighted by atomic mass is 10.1. The van der Waals surface area contributed by atoms with Crippen molar-refractivity contribution >= 4 is 50.8 Å². The van der Waals surface area contributed by atoms with Crippen molar-refractivity contribution < 1.29 is 19.1 Å². The maximum Gasteiger partial charge on any atom is 0.343 e. The molecule has 11 nitrogen and oxygen atoms in total. The zero-order valence-corrected chi connectivity index (χ0v) is 21.6. The van der Waals surface area contributed by atoms with E-state index in [1.807, 2.05) is 18.2 Å². The van der Waals surface area contributed by atoms with E-state index < -0.39 is 23.5 Å². The average Bonchev–Trinajstić information content (AvgIpc) is 3.41. The van der Waals surface area contributed by atoms with E-state index in [0.29, 0.717) is 21.0 Å². The van der Waals surface area contributed by atoms with Gasteiger partial charge in [-0.3, -0.25) is 23.6 Å². The van der Waals surface area contributed by atoms with Gasteiger partial charge in [-0.15, -0.1) is 11.3 Å². The number of rotatable bonds is 8. The van der Waals surface area contributed by atoms with E-state index in [1.165, 1.54) is 21.8 Å². The van der Waals surface area contributed by atoms with Gasteiger partial charge >= 0.3 is 5.97 Å². The van der Waals surface area contributed by atoms with Crippen molar-refractivity contribution in [2.75, 3.05) is 17.2 Å². The summed E-state index contributed by atoms with van der Waals surface area (Å²) in [5.74, 6) is -1.31. The second kappa shape index (κ2) is 10.7. The lowest BCUT2D eigenvalue weighted by molar-refractivity contribution is -0.119. The monoisotopic (exact) mass is 522 g/mol. The van der Waals surface area contributed by atoms with E-state index in [9.17, 15) is 19.2 Å². The first-order valence-corrected chi connectivity index (χ1v) is 12.4. The number of fused-ring (bicyclic) bond motifs is 1. The number of ether oxygens (including phenoxy) is 1. The Morgan fingerprint density at radius 2 is 1.86 bits per heavy atom. The van der Waals surface area contributed by atoms with Crippen molar-refractivity contribution in [1.29, 1.82) is 0 Å². The zero-order chi connectivity index (χ0) is 26.7. The minimum atomic E-state index is -0.921. The molecule has 192 valence electrons. The van der Waals surface area contributed by atoms with Gasteiger partial charge < -0.3 is 15.4 Å². The Balaban J connectivity index is 1.65. The second-order valence-corrected chi connectivity index (χ2v) is 9.18. The predicted octanol–water partition coefficient (Wildman–Crippen LogP) is 3.52. The number of esters is 1. The largest absolute Gasteiger partial charge is 0.462 e. The summed E-state index contributed by atoms with van der Waals surface area (Å²) in [6.45, 7) is 5.30. The van der Waals surface area contributed by atoms with Crippen LogP contribution in [0.3, 0.4) is 0 Å². The van der Waals surface area contributed by atoms with E-state index in [2.05, 4.69) is 20.7 Å². The fourth-order valence-electron chi connectivity index (χ4n) is 3.94. The van der Waals surface area contributed by atoms with Crippen molar-refractivity contribution in [3.63, 3.8) is 0 Å². The number of aromatic nitrogens is 4. The molecule has 0 radical (unpaired) electrons. The minimum Gasteiger partial charge on any atom is -0.462 e. The van der Waals surface area contributed by atoms with Crippen LogP contribution < -0.4 is 16.2 Å². The van der Waals surface area contributed by atoms with Gasteiger partial charge in [0, 0.05) is 12.7 Å². The van der Waals surface area contributed by atoms with Crippen molar-refractivity contribution in [1.82, 2.24) is 19.3 Å². The first-order chi connectivity index (χ1) is 17.8. The summed E-state index contributed by atoms with van der Waals surface area (Å²) in [5, 5.41) is 9.84. The predicted molar refractivity (Wildman–Crippen MR) is 140 cm³/mol. The molecule has 0 aliphatic carbocycles. The molecular formula is C25H26N6O5S. The molecule has 3 heterocycles. The maximum atomic E-state index is 13.5. The normalized spacial score (nSPS) is 11.8. The molecule has 4 rings (SSSR count). The highest BCUT2D eigenvalue weighted by atomic mass is 32.1. The summed E-state index contributed by atoms with van der Waals surface area (Å²) < 4.78 is 7.63. The summed E-state index contributed by atoms with van der Waals surface area (Å²) in [6, 6.07) is 8.09. The highest BCUT2D eigenvalue weighted by Crippen LogP contribution is 2.28.